The summed E-state index contributed by atoms with van der Waals surface area (Å²) >= 11 is 0. The largest absolute Gasteiger partial charge is 0.593 e. The van der Waals surface area contributed by atoms with Crippen LogP contribution in [0.25, 0.3) is 0 Å². The van der Waals surface area contributed by atoms with E-state index in [9.17, 15) is 13.6 Å². The molecule has 1 unspecified atom stereocenters. The molecule has 0 spiro atoms. The van der Waals surface area contributed by atoms with Crippen LogP contribution in [0.5, 0.6) is 0 Å². The Balaban J connectivity index is 1.27. The number of aryl methyl sites for hydroxylation is 2. The van der Waals surface area contributed by atoms with Gasteiger partial charge in [-0.05, 0) is 31.4 Å². The summed E-state index contributed by atoms with van der Waals surface area (Å²) < 4.78 is 30.3. The number of fused-ring (bicyclic) bond motifs is 1. The second-order valence-electron chi connectivity index (χ2n) is 7.44. The Morgan fingerprint density at radius 1 is 1.00 bits per heavy atom. The van der Waals surface area contributed by atoms with Crippen molar-refractivity contribution in [1.29, 1.82) is 0 Å². The SMILES string of the molecule is O=c1n(CCCN2CCN([S+](=O)([O-])c3ccccc3)CC2)nc2n1CCCC2. The maximum absolute atomic E-state index is 12.7. The summed E-state index contributed by atoms with van der Waals surface area (Å²) in [6.07, 6.45) is 3.88. The monoisotopic (exact) mass is 405 g/mol. The van der Waals surface area contributed by atoms with E-state index >= 15 is 0 Å². The second kappa shape index (κ2) is 8.28. The van der Waals surface area contributed by atoms with Crippen molar-refractivity contribution >= 4 is 10.4 Å². The average Bonchev–Trinajstić information content (AvgIpc) is 3.05. The number of hydrogen-bond acceptors (Lipinski definition) is 5. The van der Waals surface area contributed by atoms with Crippen LogP contribution in [-0.4, -0.2) is 60.8 Å². The molecule has 2 aliphatic rings. The highest BCUT2D eigenvalue weighted by atomic mass is 32.3. The second-order valence-corrected chi connectivity index (χ2v) is 9.38. The Labute approximate surface area is 166 Å². The van der Waals surface area contributed by atoms with Crippen LogP contribution in [0.2, 0.25) is 0 Å². The molecule has 1 aromatic carbocycles. The van der Waals surface area contributed by atoms with Crippen LogP contribution in [0, 0.1) is 0 Å². The summed E-state index contributed by atoms with van der Waals surface area (Å²) in [6, 6.07) is 8.60. The maximum Gasteiger partial charge on any atom is 0.345 e. The van der Waals surface area contributed by atoms with E-state index in [1.807, 2.05) is 6.07 Å². The average molecular weight is 406 g/mol. The van der Waals surface area contributed by atoms with Crippen molar-refractivity contribution in [3.8, 4) is 0 Å². The highest BCUT2D eigenvalue weighted by Gasteiger charge is 2.32. The van der Waals surface area contributed by atoms with Crippen LogP contribution in [0.15, 0.2) is 40.0 Å². The Bertz CT molecular complexity index is 902. The summed E-state index contributed by atoms with van der Waals surface area (Å²) in [5.74, 6) is 0.913. The van der Waals surface area contributed by atoms with Gasteiger partial charge in [0.2, 0.25) is 0 Å². The van der Waals surface area contributed by atoms with E-state index in [-0.39, 0.29) is 5.69 Å². The number of benzene rings is 1. The Kier molecular flexibility index (Phi) is 5.77. The quantitative estimate of drug-likeness (QED) is 0.669. The van der Waals surface area contributed by atoms with Gasteiger partial charge in [0, 0.05) is 39.1 Å². The molecule has 9 heteroatoms. The van der Waals surface area contributed by atoms with E-state index in [4.69, 9.17) is 0 Å². The molecule has 2 aliphatic heterocycles. The molecule has 3 heterocycles. The van der Waals surface area contributed by atoms with Gasteiger partial charge in [-0.1, -0.05) is 22.4 Å². The molecule has 0 saturated carbocycles. The van der Waals surface area contributed by atoms with Crippen molar-refractivity contribution in [3.05, 3.63) is 46.6 Å². The zero-order valence-electron chi connectivity index (χ0n) is 16.0. The van der Waals surface area contributed by atoms with Crippen LogP contribution in [0.3, 0.4) is 0 Å². The highest BCUT2D eigenvalue weighted by Crippen LogP contribution is 2.22. The molecular formula is C19H27N5O3S. The van der Waals surface area contributed by atoms with Gasteiger partial charge >= 0.3 is 5.69 Å². The molecule has 1 aromatic heterocycles. The summed E-state index contributed by atoms with van der Waals surface area (Å²) in [6.45, 7) is 4.65. The van der Waals surface area contributed by atoms with Crippen molar-refractivity contribution < 1.29 is 8.76 Å². The van der Waals surface area contributed by atoms with Gasteiger partial charge in [0.15, 0.2) is 15.3 Å². The summed E-state index contributed by atoms with van der Waals surface area (Å²) in [4.78, 5) is 15.0. The van der Waals surface area contributed by atoms with Crippen molar-refractivity contribution in [1.82, 2.24) is 23.6 Å². The first-order valence-corrected chi connectivity index (χ1v) is 11.4. The van der Waals surface area contributed by atoms with Crippen molar-refractivity contribution in [2.24, 2.45) is 0 Å². The third-order valence-corrected chi connectivity index (χ3v) is 7.50. The molecule has 0 radical (unpaired) electrons. The lowest BCUT2D eigenvalue weighted by Gasteiger charge is -2.35. The van der Waals surface area contributed by atoms with Crippen LogP contribution in [-0.2, 0) is 34.1 Å². The Morgan fingerprint density at radius 3 is 2.46 bits per heavy atom. The molecule has 152 valence electrons. The number of hydrogen-bond donors (Lipinski definition) is 0. The molecule has 0 amide bonds. The smallest absolute Gasteiger partial charge is 0.345 e. The lowest BCUT2D eigenvalue weighted by atomic mass is 10.2. The van der Waals surface area contributed by atoms with Gasteiger partial charge in [-0.3, -0.25) is 4.57 Å². The highest BCUT2D eigenvalue weighted by molar-refractivity contribution is 7.95. The third kappa shape index (κ3) is 3.98. The van der Waals surface area contributed by atoms with Crippen molar-refractivity contribution in [2.45, 2.75) is 43.7 Å². The van der Waals surface area contributed by atoms with Gasteiger partial charge in [0.25, 0.3) is 0 Å². The zero-order chi connectivity index (χ0) is 19.6. The fraction of sp³-hybridized carbons (Fsp3) is 0.579. The Hall–Kier alpha value is -1.81. The van der Waals surface area contributed by atoms with Gasteiger partial charge in [-0.15, -0.1) is 4.31 Å². The predicted molar refractivity (Wildman–Crippen MR) is 106 cm³/mol. The summed E-state index contributed by atoms with van der Waals surface area (Å²) in [5, 5.41) is 4.47. The van der Waals surface area contributed by atoms with Gasteiger partial charge < -0.3 is 9.45 Å². The molecule has 28 heavy (non-hydrogen) atoms. The van der Waals surface area contributed by atoms with Crippen molar-refractivity contribution in [3.63, 3.8) is 0 Å². The molecule has 0 N–H and O–H groups in total. The maximum atomic E-state index is 12.7. The first-order chi connectivity index (χ1) is 13.6. The first-order valence-electron chi connectivity index (χ1n) is 10.00. The molecular weight excluding hydrogens is 378 g/mol. The fourth-order valence-electron chi connectivity index (χ4n) is 3.97. The molecule has 0 bridgehead atoms. The summed E-state index contributed by atoms with van der Waals surface area (Å²) in [5.41, 5.74) is 0.00785. The van der Waals surface area contributed by atoms with Gasteiger partial charge in [0.05, 0.1) is 13.1 Å². The lowest BCUT2D eigenvalue weighted by molar-refractivity contribution is 0.176. The number of nitrogens with zero attached hydrogens (tertiary/aromatic N) is 5. The minimum atomic E-state index is -3.41. The van der Waals surface area contributed by atoms with Crippen LogP contribution in [0.4, 0.5) is 0 Å². The van der Waals surface area contributed by atoms with E-state index in [1.165, 1.54) is 0 Å². The number of rotatable bonds is 6. The van der Waals surface area contributed by atoms with E-state index in [2.05, 4.69) is 10.00 Å². The number of aromatic nitrogens is 3. The fourth-order valence-corrected chi connectivity index (χ4v) is 5.42. The minimum Gasteiger partial charge on any atom is -0.593 e. The van der Waals surface area contributed by atoms with Crippen molar-refractivity contribution in [2.75, 3.05) is 32.7 Å². The first kappa shape index (κ1) is 19.5. The number of piperazine rings is 1. The topological polar surface area (TPSA) is 86.4 Å². The predicted octanol–water partition coefficient (Wildman–Crippen LogP) is 0.993. The molecule has 1 atom stereocenters. The molecule has 4 rings (SSSR count). The lowest BCUT2D eigenvalue weighted by Crippen LogP contribution is -2.50. The zero-order valence-corrected chi connectivity index (χ0v) is 16.9. The molecule has 8 nitrogen and oxygen atoms in total. The standard InChI is InChI=1S/C19H27N5O3S/c25-19-23-11-5-4-9-18(23)20-24(19)12-6-10-21-13-15-22(16-14-21)28(26,27)17-7-2-1-3-8-17/h1-3,7-8H,4-6,9-16H2. The van der Waals surface area contributed by atoms with Crippen LogP contribution < -0.4 is 5.69 Å². The van der Waals surface area contributed by atoms with E-state index in [1.54, 1.807) is 37.8 Å². The molecule has 1 fully saturated rings. The molecule has 1 saturated heterocycles. The van der Waals surface area contributed by atoms with Gasteiger partial charge in [-0.25, -0.2) is 9.48 Å². The van der Waals surface area contributed by atoms with E-state index < -0.39 is 10.4 Å². The van der Waals surface area contributed by atoms with E-state index in [0.29, 0.717) is 37.6 Å². The van der Waals surface area contributed by atoms with Crippen LogP contribution >= 0.6 is 0 Å². The van der Waals surface area contributed by atoms with Gasteiger partial charge in [-0.2, -0.15) is 5.10 Å². The molecule has 2 aromatic rings. The third-order valence-electron chi connectivity index (χ3n) is 5.59. The summed E-state index contributed by atoms with van der Waals surface area (Å²) in [7, 11) is -3.41. The minimum absolute atomic E-state index is 0.00785. The van der Waals surface area contributed by atoms with Crippen LogP contribution in [0.1, 0.15) is 25.1 Å². The van der Waals surface area contributed by atoms with E-state index in [0.717, 1.165) is 44.6 Å². The number of sulfonamides is 1. The molecule has 0 aliphatic carbocycles. The normalized spacial score (nSPS) is 20.6. The van der Waals surface area contributed by atoms with Gasteiger partial charge in [0.1, 0.15) is 5.82 Å². The Morgan fingerprint density at radius 2 is 1.75 bits per heavy atom.